The molecule has 188 valence electrons. The quantitative estimate of drug-likeness (QED) is 0.284. The van der Waals surface area contributed by atoms with Crippen molar-refractivity contribution in [3.05, 3.63) is 108 Å². The van der Waals surface area contributed by atoms with Crippen molar-refractivity contribution >= 4 is 17.9 Å². The molecule has 0 aliphatic carbocycles. The third-order valence-corrected chi connectivity index (χ3v) is 6.77. The highest BCUT2D eigenvalue weighted by molar-refractivity contribution is 7.99. The smallest absolute Gasteiger partial charge is 0.407 e. The van der Waals surface area contributed by atoms with Gasteiger partial charge in [-0.1, -0.05) is 67.3 Å². The van der Waals surface area contributed by atoms with Gasteiger partial charge >= 0.3 is 6.09 Å². The number of hydrogen-bond acceptors (Lipinski definition) is 7. The minimum Gasteiger partial charge on any atom is -0.445 e. The van der Waals surface area contributed by atoms with Crippen LogP contribution in [0.15, 0.2) is 90.6 Å². The number of rotatable bonds is 10. The van der Waals surface area contributed by atoms with Crippen molar-refractivity contribution in [1.82, 2.24) is 10.3 Å². The molecule has 1 amide bonds. The number of benzene rings is 2. The lowest BCUT2D eigenvalue weighted by Crippen LogP contribution is -2.31. The fraction of sp³-hybridized carbons (Fsp3) is 0.286. The van der Waals surface area contributed by atoms with Crippen LogP contribution in [-0.4, -0.2) is 34.6 Å². The van der Waals surface area contributed by atoms with Crippen LogP contribution in [0.4, 0.5) is 4.79 Å². The van der Waals surface area contributed by atoms with Crippen LogP contribution in [0.3, 0.4) is 0 Å². The highest BCUT2D eigenvalue weighted by atomic mass is 32.2. The molecule has 4 rings (SSSR count). The zero-order chi connectivity index (χ0) is 25.2. The Hall–Kier alpha value is -3.17. The molecule has 1 fully saturated rings. The van der Waals surface area contributed by atoms with E-state index >= 15 is 0 Å². The lowest BCUT2D eigenvalue weighted by molar-refractivity contribution is -0.245. The van der Waals surface area contributed by atoms with Crippen molar-refractivity contribution in [2.75, 3.05) is 12.4 Å². The first kappa shape index (κ1) is 25.9. The Morgan fingerprint density at radius 1 is 1.08 bits per heavy atom. The van der Waals surface area contributed by atoms with E-state index < -0.39 is 12.4 Å². The van der Waals surface area contributed by atoms with Gasteiger partial charge in [0.2, 0.25) is 0 Å². The Kier molecular flexibility index (Phi) is 9.52. The highest BCUT2D eigenvalue weighted by Crippen LogP contribution is 2.39. The van der Waals surface area contributed by atoms with Gasteiger partial charge in [0.25, 0.3) is 0 Å². The second-order valence-electron chi connectivity index (χ2n) is 8.31. The number of alkyl carbamates (subject to hydrolysis) is 1. The second-order valence-corrected chi connectivity index (χ2v) is 9.35. The third-order valence-electron chi connectivity index (χ3n) is 5.69. The third kappa shape index (κ3) is 7.41. The van der Waals surface area contributed by atoms with Crippen LogP contribution in [0.25, 0.3) is 0 Å². The maximum atomic E-state index is 11.7. The minimum absolute atomic E-state index is 0.00800. The van der Waals surface area contributed by atoms with Gasteiger partial charge in [0.15, 0.2) is 6.29 Å². The molecule has 7 nitrogen and oxygen atoms in total. The summed E-state index contributed by atoms with van der Waals surface area (Å²) in [7, 11) is 0. The summed E-state index contributed by atoms with van der Waals surface area (Å²) in [4.78, 5) is 16.1. The van der Waals surface area contributed by atoms with Gasteiger partial charge in [0.05, 0.1) is 23.8 Å². The average molecular weight is 507 g/mol. The molecule has 8 heteroatoms. The number of ether oxygens (including phenoxy) is 3. The number of aliphatic hydroxyl groups is 1. The molecule has 0 unspecified atom stereocenters. The Morgan fingerprint density at radius 3 is 2.53 bits per heavy atom. The van der Waals surface area contributed by atoms with Gasteiger partial charge in [-0.3, -0.25) is 0 Å². The largest absolute Gasteiger partial charge is 0.445 e. The van der Waals surface area contributed by atoms with Crippen LogP contribution in [0.1, 0.15) is 41.1 Å². The predicted molar refractivity (Wildman–Crippen MR) is 138 cm³/mol. The van der Waals surface area contributed by atoms with E-state index in [1.165, 1.54) is 6.08 Å². The molecular weight excluding hydrogens is 476 g/mol. The number of carbonyl (C=O) groups is 1. The first-order valence-corrected chi connectivity index (χ1v) is 12.8. The minimum atomic E-state index is -0.532. The maximum Gasteiger partial charge on any atom is 0.407 e. The molecule has 0 radical (unpaired) electrons. The first-order valence-electron chi connectivity index (χ1n) is 11.8. The number of thioether (sulfide) groups is 1. The summed E-state index contributed by atoms with van der Waals surface area (Å²) in [6.45, 7) is 4.06. The Morgan fingerprint density at radius 2 is 1.83 bits per heavy atom. The molecule has 2 N–H and O–H groups in total. The average Bonchev–Trinajstić information content (AvgIpc) is 2.94. The van der Waals surface area contributed by atoms with Gasteiger partial charge in [-0.25, -0.2) is 9.78 Å². The van der Waals surface area contributed by atoms with E-state index in [4.69, 9.17) is 14.2 Å². The Balaban J connectivity index is 1.44. The van der Waals surface area contributed by atoms with E-state index in [0.717, 1.165) is 33.0 Å². The Bertz CT molecular complexity index is 1110. The summed E-state index contributed by atoms with van der Waals surface area (Å²) >= 11 is 1.66. The van der Waals surface area contributed by atoms with Crippen molar-refractivity contribution in [3.8, 4) is 0 Å². The number of pyridine rings is 1. The van der Waals surface area contributed by atoms with E-state index in [1.54, 1.807) is 18.0 Å². The lowest BCUT2D eigenvalue weighted by atomic mass is 10.0. The number of hydrogen-bond donors (Lipinski definition) is 2. The van der Waals surface area contributed by atoms with E-state index in [-0.39, 0.29) is 25.4 Å². The normalized spacial score (nSPS) is 19.4. The molecule has 1 aliphatic heterocycles. The second kappa shape index (κ2) is 13.2. The molecule has 1 aromatic heterocycles. The SMILES string of the molecule is C=CCOC(=O)NCc1ccc([C@@H]2O[C@H](CSc3ccccn3)C[C@H](c3ccc(CO)cc3)O2)cc1. The van der Waals surface area contributed by atoms with Gasteiger partial charge < -0.3 is 24.6 Å². The van der Waals surface area contributed by atoms with Crippen molar-refractivity contribution in [1.29, 1.82) is 0 Å². The molecule has 0 spiro atoms. The van der Waals surface area contributed by atoms with Crippen molar-refractivity contribution in [3.63, 3.8) is 0 Å². The van der Waals surface area contributed by atoms with Crippen LogP contribution >= 0.6 is 11.8 Å². The molecule has 3 aromatic rings. The van der Waals surface area contributed by atoms with Gasteiger partial charge in [-0.05, 0) is 28.8 Å². The fourth-order valence-electron chi connectivity index (χ4n) is 3.79. The summed E-state index contributed by atoms with van der Waals surface area (Å²) in [6.07, 6.45) is 2.82. The molecule has 0 bridgehead atoms. The summed E-state index contributed by atoms with van der Waals surface area (Å²) in [5.74, 6) is 0.747. The van der Waals surface area contributed by atoms with Crippen molar-refractivity contribution in [2.24, 2.45) is 0 Å². The number of amides is 1. The van der Waals surface area contributed by atoms with Gasteiger partial charge in [-0.2, -0.15) is 0 Å². The summed E-state index contributed by atoms with van der Waals surface area (Å²) < 4.78 is 17.7. The number of aliphatic hydroxyl groups excluding tert-OH is 1. The van der Waals surface area contributed by atoms with Crippen molar-refractivity contribution < 1.29 is 24.1 Å². The van der Waals surface area contributed by atoms with E-state index in [0.29, 0.717) is 13.0 Å². The lowest BCUT2D eigenvalue weighted by Gasteiger charge is -2.36. The van der Waals surface area contributed by atoms with E-state index in [1.807, 2.05) is 66.7 Å². The predicted octanol–water partition coefficient (Wildman–Crippen LogP) is 5.32. The monoisotopic (exact) mass is 506 g/mol. The molecule has 2 heterocycles. The van der Waals surface area contributed by atoms with Crippen LogP contribution in [-0.2, 0) is 27.4 Å². The summed E-state index contributed by atoms with van der Waals surface area (Å²) in [5.41, 5.74) is 3.75. The van der Waals surface area contributed by atoms with E-state index in [9.17, 15) is 9.90 Å². The van der Waals surface area contributed by atoms with Crippen LogP contribution in [0.2, 0.25) is 0 Å². The fourth-order valence-corrected chi connectivity index (χ4v) is 4.67. The number of aromatic nitrogens is 1. The van der Waals surface area contributed by atoms with Crippen LogP contribution in [0, 0.1) is 0 Å². The molecular formula is C28H30N2O5S. The molecule has 36 heavy (non-hydrogen) atoms. The number of carbonyl (C=O) groups excluding carboxylic acids is 1. The van der Waals surface area contributed by atoms with Crippen LogP contribution in [0.5, 0.6) is 0 Å². The van der Waals surface area contributed by atoms with E-state index in [2.05, 4.69) is 16.9 Å². The zero-order valence-electron chi connectivity index (χ0n) is 19.9. The number of nitrogens with zero attached hydrogens (tertiary/aromatic N) is 1. The first-order chi connectivity index (χ1) is 17.6. The van der Waals surface area contributed by atoms with Crippen molar-refractivity contribution in [2.45, 2.75) is 43.1 Å². The molecule has 0 saturated carbocycles. The highest BCUT2D eigenvalue weighted by Gasteiger charge is 2.32. The Labute approximate surface area is 215 Å². The summed E-state index contributed by atoms with van der Waals surface area (Å²) in [6, 6.07) is 21.5. The summed E-state index contributed by atoms with van der Waals surface area (Å²) in [5, 5.41) is 13.1. The zero-order valence-corrected chi connectivity index (χ0v) is 20.7. The van der Waals surface area contributed by atoms with Gasteiger partial charge in [0, 0.05) is 30.5 Å². The standard InChI is InChI=1S/C28H30N2O5S/c1-2-15-33-28(32)30-17-20-6-12-23(13-7-20)27-34-24(19-36-26-5-3-4-14-29-26)16-25(35-27)22-10-8-21(18-31)9-11-22/h2-14,24-25,27,31H,1,15-19H2,(H,30,32)/t24-,25+,27+/m0/s1. The maximum absolute atomic E-state index is 11.7. The van der Waals surface area contributed by atoms with Crippen LogP contribution < -0.4 is 5.32 Å². The molecule has 1 aliphatic rings. The molecule has 1 saturated heterocycles. The van der Waals surface area contributed by atoms with Gasteiger partial charge in [0.1, 0.15) is 6.61 Å². The molecule has 3 atom stereocenters. The number of nitrogens with one attached hydrogen (secondary N) is 1. The van der Waals surface area contributed by atoms with Gasteiger partial charge in [-0.15, -0.1) is 11.8 Å². The molecule has 2 aromatic carbocycles. The topological polar surface area (TPSA) is 89.9 Å².